The second kappa shape index (κ2) is 3.65. The van der Waals surface area contributed by atoms with Crippen molar-refractivity contribution in [3.05, 3.63) is 40.7 Å². The van der Waals surface area contributed by atoms with E-state index >= 15 is 0 Å². The average Bonchev–Trinajstić information content (AvgIpc) is 2.74. The summed E-state index contributed by atoms with van der Waals surface area (Å²) in [5.41, 5.74) is 0.273. The third-order valence-electron chi connectivity index (χ3n) is 2.19. The van der Waals surface area contributed by atoms with Crippen molar-refractivity contribution < 1.29 is 9.90 Å². The maximum absolute atomic E-state index is 11.4. The zero-order valence-corrected chi connectivity index (χ0v) is 8.47. The molecule has 0 aliphatic rings. The lowest BCUT2D eigenvalue weighted by Crippen LogP contribution is -2.22. The summed E-state index contributed by atoms with van der Waals surface area (Å²) in [7, 11) is 1.46. The Bertz CT molecular complexity index is 584. The molecule has 2 aromatic heterocycles. The Balaban J connectivity index is 2.73. The van der Waals surface area contributed by atoms with E-state index < -0.39 is 11.7 Å². The molecule has 0 unspecified atom stereocenters. The van der Waals surface area contributed by atoms with Gasteiger partial charge in [-0.3, -0.25) is 0 Å². The Kier molecular flexibility index (Phi) is 2.32. The van der Waals surface area contributed by atoms with Crippen LogP contribution >= 0.6 is 0 Å². The van der Waals surface area contributed by atoms with Crippen molar-refractivity contribution in [2.75, 3.05) is 0 Å². The average molecular weight is 219 g/mol. The Morgan fingerprint density at radius 1 is 1.56 bits per heavy atom. The highest BCUT2D eigenvalue weighted by molar-refractivity contribution is 5.94. The summed E-state index contributed by atoms with van der Waals surface area (Å²) in [4.78, 5) is 28.9. The van der Waals surface area contributed by atoms with Crippen LogP contribution in [0.2, 0.25) is 0 Å². The van der Waals surface area contributed by atoms with Crippen LogP contribution in [0.1, 0.15) is 10.4 Å². The van der Waals surface area contributed by atoms with Crippen LogP contribution in [-0.2, 0) is 7.05 Å². The molecule has 2 aromatic rings. The number of aryl methyl sites for hydroxylation is 1. The number of hydrogen-bond donors (Lipinski definition) is 2. The van der Waals surface area contributed by atoms with Crippen LogP contribution < -0.4 is 5.69 Å². The molecule has 0 aromatic carbocycles. The van der Waals surface area contributed by atoms with Crippen LogP contribution in [0.15, 0.2) is 29.5 Å². The number of carbonyl (C=O) groups is 1. The lowest BCUT2D eigenvalue weighted by Gasteiger charge is -2.04. The summed E-state index contributed by atoms with van der Waals surface area (Å²) < 4.78 is 1.14. The molecule has 6 heteroatoms. The smallest absolute Gasteiger partial charge is 0.347 e. The molecule has 0 radical (unpaired) electrons. The van der Waals surface area contributed by atoms with Crippen LogP contribution in [0.4, 0.5) is 0 Å². The summed E-state index contributed by atoms with van der Waals surface area (Å²) in [5, 5.41) is 9.01. The molecule has 0 saturated carbocycles. The van der Waals surface area contributed by atoms with Gasteiger partial charge in [-0.05, 0) is 6.07 Å². The standard InChI is InChI=1S/C10H9N3O3/c1-13-5-7(9(14)15)8(12-10(13)16)6-2-3-11-4-6/h2-5,11H,1H3,(H,14,15). The van der Waals surface area contributed by atoms with Crippen LogP contribution in [0.5, 0.6) is 0 Å². The molecule has 2 N–H and O–H groups in total. The fourth-order valence-corrected chi connectivity index (χ4v) is 1.39. The van der Waals surface area contributed by atoms with Gasteiger partial charge in [-0.15, -0.1) is 0 Å². The number of rotatable bonds is 2. The number of carboxylic acids is 1. The largest absolute Gasteiger partial charge is 0.478 e. The number of H-pyrrole nitrogens is 1. The highest BCUT2D eigenvalue weighted by Crippen LogP contribution is 2.18. The van der Waals surface area contributed by atoms with Crippen LogP contribution in [0.3, 0.4) is 0 Å². The topological polar surface area (TPSA) is 88.0 Å². The number of nitrogens with one attached hydrogen (secondary N) is 1. The molecule has 0 amide bonds. The van der Waals surface area contributed by atoms with Gasteiger partial charge in [0.2, 0.25) is 0 Å². The van der Waals surface area contributed by atoms with Gasteiger partial charge >= 0.3 is 11.7 Å². The molecular weight excluding hydrogens is 210 g/mol. The van der Waals surface area contributed by atoms with Gasteiger partial charge in [0.15, 0.2) is 0 Å². The number of aromatic nitrogens is 3. The predicted octanol–water partition coefficient (Wildman–Crippen LogP) is 0.474. The van der Waals surface area contributed by atoms with E-state index in [4.69, 9.17) is 5.11 Å². The molecule has 0 fully saturated rings. The van der Waals surface area contributed by atoms with Crippen molar-refractivity contribution in [2.45, 2.75) is 0 Å². The summed E-state index contributed by atoms with van der Waals surface area (Å²) in [6, 6.07) is 1.66. The minimum Gasteiger partial charge on any atom is -0.478 e. The second-order valence-electron chi connectivity index (χ2n) is 3.30. The van der Waals surface area contributed by atoms with E-state index in [0.717, 1.165) is 4.57 Å². The summed E-state index contributed by atoms with van der Waals surface area (Å²) >= 11 is 0. The van der Waals surface area contributed by atoms with E-state index in [1.807, 2.05) is 0 Å². The Morgan fingerprint density at radius 3 is 2.88 bits per heavy atom. The minimum absolute atomic E-state index is 0.00157. The van der Waals surface area contributed by atoms with Gasteiger partial charge in [0.05, 0.1) is 5.69 Å². The molecular formula is C10H9N3O3. The van der Waals surface area contributed by atoms with E-state index in [-0.39, 0.29) is 11.3 Å². The van der Waals surface area contributed by atoms with Crippen molar-refractivity contribution >= 4 is 5.97 Å². The molecule has 0 bridgehead atoms. The molecule has 0 atom stereocenters. The SMILES string of the molecule is Cn1cc(C(=O)O)c(-c2cc[nH]c2)nc1=O. The molecule has 6 nitrogen and oxygen atoms in total. The fourth-order valence-electron chi connectivity index (χ4n) is 1.39. The third-order valence-corrected chi connectivity index (χ3v) is 2.19. The number of hydrogen-bond acceptors (Lipinski definition) is 3. The van der Waals surface area contributed by atoms with Gasteiger partial charge in [-0.1, -0.05) is 0 Å². The molecule has 0 saturated heterocycles. The Hall–Kier alpha value is -2.37. The lowest BCUT2D eigenvalue weighted by atomic mass is 10.1. The number of nitrogens with zero attached hydrogens (tertiary/aromatic N) is 2. The van der Waals surface area contributed by atoms with Gasteiger partial charge in [0.1, 0.15) is 5.56 Å². The van der Waals surface area contributed by atoms with Crippen molar-refractivity contribution in [3.63, 3.8) is 0 Å². The first kappa shape index (κ1) is 10.2. The van der Waals surface area contributed by atoms with Gasteiger partial charge < -0.3 is 14.7 Å². The second-order valence-corrected chi connectivity index (χ2v) is 3.30. The lowest BCUT2D eigenvalue weighted by molar-refractivity contribution is 0.0696. The first-order valence-corrected chi connectivity index (χ1v) is 4.53. The number of aromatic carboxylic acids is 1. The maximum atomic E-state index is 11.4. The predicted molar refractivity (Wildman–Crippen MR) is 56.2 cm³/mol. The van der Waals surface area contributed by atoms with Gasteiger partial charge in [0, 0.05) is 31.2 Å². The van der Waals surface area contributed by atoms with Crippen molar-refractivity contribution in [3.8, 4) is 11.3 Å². The van der Waals surface area contributed by atoms with Crippen LogP contribution in [-0.4, -0.2) is 25.6 Å². The van der Waals surface area contributed by atoms with E-state index in [1.54, 1.807) is 18.5 Å². The molecule has 0 aliphatic carbocycles. The molecule has 82 valence electrons. The summed E-state index contributed by atoms with van der Waals surface area (Å²) in [6.07, 6.45) is 4.49. The van der Waals surface area contributed by atoms with Gasteiger partial charge in [-0.2, -0.15) is 4.98 Å². The van der Waals surface area contributed by atoms with Crippen LogP contribution in [0, 0.1) is 0 Å². The highest BCUT2D eigenvalue weighted by Gasteiger charge is 2.15. The summed E-state index contributed by atoms with van der Waals surface area (Å²) in [6.45, 7) is 0. The first-order valence-electron chi connectivity index (χ1n) is 4.53. The third kappa shape index (κ3) is 1.60. The van der Waals surface area contributed by atoms with Crippen molar-refractivity contribution in [1.29, 1.82) is 0 Å². The molecule has 0 spiro atoms. The normalized spacial score (nSPS) is 10.3. The van der Waals surface area contributed by atoms with Crippen molar-refractivity contribution in [1.82, 2.24) is 14.5 Å². The van der Waals surface area contributed by atoms with Gasteiger partial charge in [0.25, 0.3) is 0 Å². The molecule has 2 heterocycles. The zero-order valence-electron chi connectivity index (χ0n) is 8.47. The Morgan fingerprint density at radius 2 is 2.31 bits per heavy atom. The van der Waals surface area contributed by atoms with Gasteiger partial charge in [-0.25, -0.2) is 9.59 Å². The highest BCUT2D eigenvalue weighted by atomic mass is 16.4. The van der Waals surface area contributed by atoms with E-state index in [9.17, 15) is 9.59 Å². The van der Waals surface area contributed by atoms with E-state index in [1.165, 1.54) is 13.2 Å². The molecule has 2 rings (SSSR count). The summed E-state index contributed by atoms with van der Waals surface area (Å²) in [5.74, 6) is -1.11. The fraction of sp³-hybridized carbons (Fsp3) is 0.100. The quantitative estimate of drug-likeness (QED) is 0.768. The maximum Gasteiger partial charge on any atom is 0.347 e. The number of aromatic amines is 1. The molecule has 16 heavy (non-hydrogen) atoms. The monoisotopic (exact) mass is 219 g/mol. The van der Waals surface area contributed by atoms with E-state index in [0.29, 0.717) is 5.56 Å². The minimum atomic E-state index is -1.11. The Labute approximate surface area is 90.2 Å². The van der Waals surface area contributed by atoms with Crippen molar-refractivity contribution in [2.24, 2.45) is 7.05 Å². The number of carboxylic acid groups (broad SMARTS) is 1. The first-order chi connectivity index (χ1) is 7.59. The zero-order chi connectivity index (χ0) is 11.7. The van der Waals surface area contributed by atoms with E-state index in [2.05, 4.69) is 9.97 Å². The molecule has 0 aliphatic heterocycles. The van der Waals surface area contributed by atoms with Crippen LogP contribution in [0.25, 0.3) is 11.3 Å².